The van der Waals surface area contributed by atoms with Crippen LogP contribution < -0.4 is 20.8 Å². The predicted molar refractivity (Wildman–Crippen MR) is 86.9 cm³/mol. The second kappa shape index (κ2) is 11.9. The molecule has 0 aromatic carbocycles. The van der Waals surface area contributed by atoms with Crippen molar-refractivity contribution in [2.24, 2.45) is 11.8 Å². The molecular weight excluding hydrogens is 378 g/mol. The normalized spacial score (nSPS) is 27.2. The summed E-state index contributed by atoms with van der Waals surface area (Å²) in [6.07, 6.45) is 0. The molecule has 0 bridgehead atoms. The largest absolute Gasteiger partial charge is 2.00 e. The summed E-state index contributed by atoms with van der Waals surface area (Å²) in [5, 5.41) is 27.5. The van der Waals surface area contributed by atoms with Gasteiger partial charge in [0.25, 0.3) is 0 Å². The van der Waals surface area contributed by atoms with Crippen LogP contribution in [0.1, 0.15) is 13.8 Å². The van der Waals surface area contributed by atoms with Crippen molar-refractivity contribution in [2.75, 3.05) is 53.4 Å². The number of piperazine rings is 2. The Bertz CT molecular complexity index is 389. The summed E-state index contributed by atoms with van der Waals surface area (Å²) in [5.74, 6) is -2.73. The van der Waals surface area contributed by atoms with E-state index >= 15 is 0 Å². The van der Waals surface area contributed by atoms with Gasteiger partial charge in [0, 0.05) is 75.1 Å². The fourth-order valence-corrected chi connectivity index (χ4v) is 3.09. The molecular formula is C16H30N4O4Zn. The van der Waals surface area contributed by atoms with Crippen LogP contribution in [0.5, 0.6) is 0 Å². The monoisotopic (exact) mass is 406 g/mol. The Hall–Kier alpha value is -0.597. The number of likely N-dealkylation sites (N-methyl/N-ethyl adjacent to an activating group) is 2. The number of nitrogens with zero attached hydrogens (tertiary/aromatic N) is 2. The molecule has 25 heavy (non-hydrogen) atoms. The molecule has 0 amide bonds. The zero-order chi connectivity index (χ0) is 18.3. The number of carbonyl (C=O) groups is 2. The van der Waals surface area contributed by atoms with Gasteiger partial charge < -0.3 is 40.2 Å². The molecule has 2 rings (SSSR count). The maximum Gasteiger partial charge on any atom is 2.00 e. The fourth-order valence-electron chi connectivity index (χ4n) is 3.09. The second-order valence-electron chi connectivity index (χ2n) is 6.72. The van der Waals surface area contributed by atoms with Crippen LogP contribution in [-0.4, -0.2) is 87.2 Å². The number of carbonyl (C=O) groups excluding carboxylic acids is 2. The second-order valence-corrected chi connectivity index (χ2v) is 6.72. The minimum Gasteiger partial charge on any atom is -0.550 e. The number of nitrogens with one attached hydrogen (secondary N) is 2. The molecule has 140 valence electrons. The minimum atomic E-state index is -0.962. The van der Waals surface area contributed by atoms with Gasteiger partial charge in [-0.15, -0.1) is 0 Å². The zero-order valence-electron chi connectivity index (χ0n) is 15.8. The summed E-state index contributed by atoms with van der Waals surface area (Å²) in [6, 6.07) is 0.146. The van der Waals surface area contributed by atoms with Crippen LogP contribution in [0.25, 0.3) is 0 Å². The van der Waals surface area contributed by atoms with Crippen molar-refractivity contribution in [1.82, 2.24) is 20.4 Å². The molecule has 9 heteroatoms. The molecule has 0 aromatic rings. The first kappa shape index (κ1) is 24.4. The van der Waals surface area contributed by atoms with E-state index in [0.29, 0.717) is 0 Å². The van der Waals surface area contributed by atoms with E-state index in [2.05, 4.69) is 20.4 Å². The van der Waals surface area contributed by atoms with Crippen molar-refractivity contribution in [3.8, 4) is 0 Å². The Morgan fingerprint density at radius 3 is 1.44 bits per heavy atom. The Morgan fingerprint density at radius 1 is 0.880 bits per heavy atom. The van der Waals surface area contributed by atoms with Gasteiger partial charge in [-0.05, 0) is 14.1 Å². The molecule has 0 radical (unpaired) electrons. The first-order valence-electron chi connectivity index (χ1n) is 8.49. The van der Waals surface area contributed by atoms with Gasteiger partial charge in [-0.2, -0.15) is 0 Å². The molecule has 2 heterocycles. The van der Waals surface area contributed by atoms with Crippen LogP contribution >= 0.6 is 0 Å². The number of rotatable bonds is 4. The molecule has 2 aliphatic heterocycles. The average Bonchev–Trinajstić information content (AvgIpc) is 2.55. The van der Waals surface area contributed by atoms with Gasteiger partial charge in [-0.25, -0.2) is 0 Å². The summed E-state index contributed by atoms with van der Waals surface area (Å²) >= 11 is 0. The van der Waals surface area contributed by atoms with Gasteiger partial charge >= 0.3 is 19.5 Å². The molecule has 0 saturated carbocycles. The van der Waals surface area contributed by atoms with Crippen LogP contribution in [-0.2, 0) is 29.1 Å². The maximum absolute atomic E-state index is 10.6. The van der Waals surface area contributed by atoms with Crippen molar-refractivity contribution in [3.63, 3.8) is 0 Å². The van der Waals surface area contributed by atoms with E-state index in [1.807, 2.05) is 14.1 Å². The standard InChI is InChI=1S/2C8H16N2O2.Zn/c2*1-6(8(11)12)7-5-9-3-4-10(7)2;/h2*6-7,9H,3-5H2,1-2H3,(H,11,12);/q;;+2/p-2. The maximum atomic E-state index is 10.6. The Morgan fingerprint density at radius 2 is 1.20 bits per heavy atom. The average molecular weight is 408 g/mol. The number of carboxylic acids is 2. The fraction of sp³-hybridized carbons (Fsp3) is 0.875. The molecule has 2 N–H and O–H groups in total. The topological polar surface area (TPSA) is 111 Å². The molecule has 4 unspecified atom stereocenters. The van der Waals surface area contributed by atoms with Gasteiger partial charge in [0.2, 0.25) is 0 Å². The Balaban J connectivity index is 0.000000443. The molecule has 2 fully saturated rings. The first-order chi connectivity index (χ1) is 11.3. The summed E-state index contributed by atoms with van der Waals surface area (Å²) in [7, 11) is 3.90. The van der Waals surface area contributed by atoms with Crippen LogP contribution in [0.2, 0.25) is 0 Å². The molecule has 0 aliphatic carbocycles. The van der Waals surface area contributed by atoms with Gasteiger partial charge in [0.05, 0.1) is 0 Å². The van der Waals surface area contributed by atoms with Crippen LogP contribution in [0.15, 0.2) is 0 Å². The Labute approximate surface area is 163 Å². The quantitative estimate of drug-likeness (QED) is 0.463. The van der Waals surface area contributed by atoms with E-state index in [1.165, 1.54) is 0 Å². The molecule has 2 saturated heterocycles. The molecule has 0 aromatic heterocycles. The van der Waals surface area contributed by atoms with Crippen LogP contribution in [0.3, 0.4) is 0 Å². The van der Waals surface area contributed by atoms with Crippen molar-refractivity contribution in [1.29, 1.82) is 0 Å². The van der Waals surface area contributed by atoms with Gasteiger partial charge in [-0.1, -0.05) is 13.8 Å². The number of hydrogen-bond donors (Lipinski definition) is 2. The minimum absolute atomic E-state index is 0. The van der Waals surface area contributed by atoms with E-state index in [4.69, 9.17) is 0 Å². The van der Waals surface area contributed by atoms with Crippen molar-refractivity contribution in [3.05, 3.63) is 0 Å². The van der Waals surface area contributed by atoms with E-state index in [0.717, 1.165) is 39.3 Å². The van der Waals surface area contributed by atoms with Crippen molar-refractivity contribution < 1.29 is 39.3 Å². The third-order valence-electron chi connectivity index (χ3n) is 5.02. The SMILES string of the molecule is CC(C(=O)[O-])C1CNCCN1C.CC(C(=O)[O-])C1CNCCN1C.[Zn+2]. The van der Waals surface area contributed by atoms with Crippen LogP contribution in [0, 0.1) is 11.8 Å². The summed E-state index contributed by atoms with van der Waals surface area (Å²) in [5.41, 5.74) is 0. The van der Waals surface area contributed by atoms with Crippen molar-refractivity contribution >= 4 is 11.9 Å². The Kier molecular flexibility index (Phi) is 11.6. The van der Waals surface area contributed by atoms with Crippen molar-refractivity contribution in [2.45, 2.75) is 25.9 Å². The first-order valence-corrected chi connectivity index (χ1v) is 8.49. The molecule has 8 nitrogen and oxygen atoms in total. The molecule has 4 atom stereocenters. The third kappa shape index (κ3) is 7.66. The number of carboxylic acid groups (broad SMARTS) is 2. The smallest absolute Gasteiger partial charge is 0.550 e. The molecule has 2 aliphatic rings. The van der Waals surface area contributed by atoms with Gasteiger partial charge in [-0.3, -0.25) is 0 Å². The van der Waals surface area contributed by atoms with E-state index in [9.17, 15) is 19.8 Å². The number of aliphatic carboxylic acids is 2. The van der Waals surface area contributed by atoms with Gasteiger partial charge in [0.15, 0.2) is 0 Å². The van der Waals surface area contributed by atoms with Gasteiger partial charge in [0.1, 0.15) is 0 Å². The van der Waals surface area contributed by atoms with Crippen LogP contribution in [0.4, 0.5) is 0 Å². The third-order valence-corrected chi connectivity index (χ3v) is 5.02. The summed E-state index contributed by atoms with van der Waals surface area (Å²) < 4.78 is 0. The zero-order valence-corrected chi connectivity index (χ0v) is 18.8. The van der Waals surface area contributed by atoms with E-state index < -0.39 is 23.8 Å². The summed E-state index contributed by atoms with van der Waals surface area (Å²) in [6.45, 7) is 8.56. The van der Waals surface area contributed by atoms with E-state index in [1.54, 1.807) is 13.8 Å². The predicted octanol–water partition coefficient (Wildman–Crippen LogP) is -3.45. The van der Waals surface area contributed by atoms with E-state index in [-0.39, 0.29) is 31.6 Å². The summed E-state index contributed by atoms with van der Waals surface area (Å²) in [4.78, 5) is 25.3. The molecule has 0 spiro atoms. The number of hydrogen-bond acceptors (Lipinski definition) is 8.